The number of hydrogen-bond donors (Lipinski definition) is 0. The van der Waals surface area contributed by atoms with E-state index in [-0.39, 0.29) is 0 Å². The number of benzene rings is 1. The van der Waals surface area contributed by atoms with Crippen molar-refractivity contribution in [3.05, 3.63) is 35.9 Å². The van der Waals surface area contributed by atoms with Crippen molar-refractivity contribution in [2.24, 2.45) is 5.92 Å². The van der Waals surface area contributed by atoms with Crippen LogP contribution >= 0.6 is 15.9 Å². The summed E-state index contributed by atoms with van der Waals surface area (Å²) in [4.78, 5) is 14.4. The Morgan fingerprint density at radius 2 is 1.90 bits per heavy atom. The Labute approximate surface area is 130 Å². The minimum absolute atomic E-state index is 0.306. The average molecular weight is 338 g/mol. The molecule has 1 aliphatic rings. The number of hydrogen-bond acceptors (Lipinski definition) is 1. The summed E-state index contributed by atoms with van der Waals surface area (Å²) in [7, 11) is 0. The first-order valence-electron chi connectivity index (χ1n) is 7.67. The van der Waals surface area contributed by atoms with Crippen LogP contribution in [0.15, 0.2) is 30.3 Å². The molecule has 0 radical (unpaired) electrons. The zero-order chi connectivity index (χ0) is 14.2. The SMILES string of the molecule is O=C(CCC1CCCC1)N(CCBr)Cc1ccccc1. The summed E-state index contributed by atoms with van der Waals surface area (Å²) in [5.74, 6) is 1.10. The Balaban J connectivity index is 1.84. The molecule has 1 amide bonds. The van der Waals surface area contributed by atoms with Crippen LogP contribution in [0.1, 0.15) is 44.1 Å². The number of carbonyl (C=O) groups excluding carboxylic acids is 1. The smallest absolute Gasteiger partial charge is 0.222 e. The molecule has 1 aromatic carbocycles. The van der Waals surface area contributed by atoms with Gasteiger partial charge in [0.05, 0.1) is 0 Å². The van der Waals surface area contributed by atoms with Crippen LogP contribution in [0.25, 0.3) is 0 Å². The molecule has 0 heterocycles. The summed E-state index contributed by atoms with van der Waals surface area (Å²) in [6.07, 6.45) is 7.15. The lowest BCUT2D eigenvalue weighted by Gasteiger charge is -2.22. The van der Waals surface area contributed by atoms with Gasteiger partial charge in [-0.25, -0.2) is 0 Å². The highest BCUT2D eigenvalue weighted by atomic mass is 79.9. The zero-order valence-electron chi connectivity index (χ0n) is 12.1. The summed E-state index contributed by atoms with van der Waals surface area (Å²) in [5.41, 5.74) is 1.21. The minimum atomic E-state index is 0.306. The van der Waals surface area contributed by atoms with Gasteiger partial charge in [-0.3, -0.25) is 4.79 Å². The first-order valence-corrected chi connectivity index (χ1v) is 8.79. The molecule has 0 bridgehead atoms. The quantitative estimate of drug-likeness (QED) is 0.676. The lowest BCUT2D eigenvalue weighted by molar-refractivity contribution is -0.131. The van der Waals surface area contributed by atoms with Crippen molar-refractivity contribution in [1.82, 2.24) is 4.90 Å². The number of amides is 1. The van der Waals surface area contributed by atoms with Gasteiger partial charge in [-0.2, -0.15) is 0 Å². The van der Waals surface area contributed by atoms with E-state index in [9.17, 15) is 4.79 Å². The molecule has 0 unspecified atom stereocenters. The van der Waals surface area contributed by atoms with Crippen LogP contribution in [0.2, 0.25) is 0 Å². The molecule has 1 saturated carbocycles. The Bertz CT molecular complexity index is 401. The van der Waals surface area contributed by atoms with Gasteiger partial charge in [0.25, 0.3) is 0 Å². The fourth-order valence-electron chi connectivity index (χ4n) is 2.98. The highest BCUT2D eigenvalue weighted by molar-refractivity contribution is 9.09. The molecule has 0 aromatic heterocycles. The van der Waals surface area contributed by atoms with E-state index in [0.717, 1.165) is 30.8 Å². The van der Waals surface area contributed by atoms with Gasteiger partial charge in [0.15, 0.2) is 0 Å². The molecule has 1 fully saturated rings. The van der Waals surface area contributed by atoms with Gasteiger partial charge in [-0.1, -0.05) is 71.9 Å². The lowest BCUT2D eigenvalue weighted by atomic mass is 10.0. The molecular formula is C17H24BrNO. The van der Waals surface area contributed by atoms with Crippen LogP contribution in [-0.2, 0) is 11.3 Å². The topological polar surface area (TPSA) is 20.3 Å². The number of halogens is 1. The second-order valence-electron chi connectivity index (χ2n) is 5.68. The van der Waals surface area contributed by atoms with Crippen LogP contribution in [0.4, 0.5) is 0 Å². The van der Waals surface area contributed by atoms with E-state index in [1.165, 1.54) is 31.2 Å². The normalized spacial score (nSPS) is 15.4. The van der Waals surface area contributed by atoms with Crippen molar-refractivity contribution in [1.29, 1.82) is 0 Å². The standard InChI is InChI=1S/C17H24BrNO/c18-12-13-19(14-16-8-2-1-3-9-16)17(20)11-10-15-6-4-5-7-15/h1-3,8-9,15H,4-7,10-14H2. The third-order valence-electron chi connectivity index (χ3n) is 4.16. The lowest BCUT2D eigenvalue weighted by Crippen LogP contribution is -2.32. The molecule has 2 rings (SSSR count). The second kappa shape index (κ2) is 8.46. The first kappa shape index (κ1) is 15.6. The molecule has 0 N–H and O–H groups in total. The van der Waals surface area contributed by atoms with Crippen molar-refractivity contribution >= 4 is 21.8 Å². The van der Waals surface area contributed by atoms with E-state index in [1.54, 1.807) is 0 Å². The Hall–Kier alpha value is -0.830. The van der Waals surface area contributed by atoms with Gasteiger partial charge in [0.2, 0.25) is 5.91 Å². The van der Waals surface area contributed by atoms with Crippen molar-refractivity contribution in [2.45, 2.75) is 45.1 Å². The second-order valence-corrected chi connectivity index (χ2v) is 6.47. The highest BCUT2D eigenvalue weighted by Gasteiger charge is 2.19. The molecule has 2 nitrogen and oxygen atoms in total. The summed E-state index contributed by atoms with van der Waals surface area (Å²) >= 11 is 3.46. The van der Waals surface area contributed by atoms with Gasteiger partial charge in [-0.15, -0.1) is 0 Å². The number of rotatable bonds is 7. The predicted octanol–water partition coefficient (Wildman–Crippen LogP) is 4.38. The molecule has 3 heteroatoms. The van der Waals surface area contributed by atoms with Crippen molar-refractivity contribution in [3.63, 3.8) is 0 Å². The fourth-order valence-corrected chi connectivity index (χ4v) is 3.41. The molecule has 1 aliphatic carbocycles. The van der Waals surface area contributed by atoms with E-state index >= 15 is 0 Å². The third-order valence-corrected chi connectivity index (χ3v) is 4.52. The van der Waals surface area contributed by atoms with Crippen LogP contribution < -0.4 is 0 Å². The maximum Gasteiger partial charge on any atom is 0.222 e. The van der Waals surface area contributed by atoms with E-state index < -0.39 is 0 Å². The van der Waals surface area contributed by atoms with Crippen LogP contribution in [-0.4, -0.2) is 22.7 Å². The first-order chi connectivity index (χ1) is 9.79. The van der Waals surface area contributed by atoms with Gasteiger partial charge < -0.3 is 4.90 Å². The molecule has 0 saturated heterocycles. The highest BCUT2D eigenvalue weighted by Crippen LogP contribution is 2.28. The zero-order valence-corrected chi connectivity index (χ0v) is 13.6. The predicted molar refractivity (Wildman–Crippen MR) is 86.8 cm³/mol. The van der Waals surface area contributed by atoms with Crippen molar-refractivity contribution in [2.75, 3.05) is 11.9 Å². The van der Waals surface area contributed by atoms with Gasteiger partial charge >= 0.3 is 0 Å². The molecule has 0 aliphatic heterocycles. The van der Waals surface area contributed by atoms with E-state index in [2.05, 4.69) is 28.1 Å². The van der Waals surface area contributed by atoms with Crippen LogP contribution in [0, 0.1) is 5.92 Å². The minimum Gasteiger partial charge on any atom is -0.338 e. The summed E-state index contributed by atoms with van der Waals surface area (Å²) in [6, 6.07) is 10.3. The monoisotopic (exact) mass is 337 g/mol. The fraction of sp³-hybridized carbons (Fsp3) is 0.588. The number of nitrogens with zero attached hydrogens (tertiary/aromatic N) is 1. The van der Waals surface area contributed by atoms with E-state index in [0.29, 0.717) is 12.3 Å². The summed E-state index contributed by atoms with van der Waals surface area (Å²) in [6.45, 7) is 1.52. The Morgan fingerprint density at radius 3 is 2.55 bits per heavy atom. The maximum atomic E-state index is 12.4. The van der Waals surface area contributed by atoms with Gasteiger partial charge in [-0.05, 0) is 17.9 Å². The van der Waals surface area contributed by atoms with E-state index in [4.69, 9.17) is 0 Å². The maximum absolute atomic E-state index is 12.4. The van der Waals surface area contributed by atoms with Crippen LogP contribution in [0.5, 0.6) is 0 Å². The number of alkyl halides is 1. The summed E-state index contributed by atoms with van der Waals surface area (Å²) < 4.78 is 0. The molecule has 20 heavy (non-hydrogen) atoms. The molecule has 1 aromatic rings. The van der Waals surface area contributed by atoms with Crippen molar-refractivity contribution < 1.29 is 4.79 Å². The van der Waals surface area contributed by atoms with Crippen LogP contribution in [0.3, 0.4) is 0 Å². The molecule has 0 spiro atoms. The van der Waals surface area contributed by atoms with Gasteiger partial charge in [0.1, 0.15) is 0 Å². The number of carbonyl (C=O) groups is 1. The van der Waals surface area contributed by atoms with Gasteiger partial charge in [0, 0.05) is 24.8 Å². The molecular weight excluding hydrogens is 314 g/mol. The van der Waals surface area contributed by atoms with Crippen molar-refractivity contribution in [3.8, 4) is 0 Å². The molecule has 0 atom stereocenters. The Kier molecular flexibility index (Phi) is 6.58. The largest absolute Gasteiger partial charge is 0.338 e. The molecule has 110 valence electrons. The Morgan fingerprint density at radius 1 is 1.20 bits per heavy atom. The average Bonchev–Trinajstić information content (AvgIpc) is 2.99. The third kappa shape index (κ3) is 4.93. The summed E-state index contributed by atoms with van der Waals surface area (Å²) in [5, 5.41) is 0.842. The van der Waals surface area contributed by atoms with E-state index in [1.807, 2.05) is 23.1 Å².